The van der Waals surface area contributed by atoms with Gasteiger partial charge < -0.3 is 4.90 Å². The molecule has 1 aliphatic carbocycles. The van der Waals surface area contributed by atoms with Gasteiger partial charge in [0, 0.05) is 32.1 Å². The molecule has 1 heterocycles. The molecule has 0 aromatic heterocycles. The Kier molecular flexibility index (Phi) is 4.36. The van der Waals surface area contributed by atoms with Crippen LogP contribution in [0.5, 0.6) is 0 Å². The molecule has 0 atom stereocenters. The van der Waals surface area contributed by atoms with E-state index in [0.717, 1.165) is 45.6 Å². The van der Waals surface area contributed by atoms with Crippen LogP contribution in [0.15, 0.2) is 0 Å². The first-order chi connectivity index (χ1) is 7.79. The van der Waals surface area contributed by atoms with Crippen molar-refractivity contribution in [2.75, 3.05) is 39.3 Å². The van der Waals surface area contributed by atoms with Gasteiger partial charge in [-0.15, -0.1) is 0 Å². The summed E-state index contributed by atoms with van der Waals surface area (Å²) in [6.07, 6.45) is 4.82. The van der Waals surface area contributed by atoms with Crippen molar-refractivity contribution in [2.45, 2.75) is 32.6 Å². The average Bonchev–Trinajstić information content (AvgIpc) is 2.83. The maximum absolute atomic E-state index is 12.0. The first-order valence-corrected chi connectivity index (χ1v) is 6.77. The van der Waals surface area contributed by atoms with Crippen molar-refractivity contribution in [3.63, 3.8) is 0 Å². The Morgan fingerprint density at radius 2 is 1.62 bits per heavy atom. The molecular formula is C13H24N2O. The molecule has 2 fully saturated rings. The largest absolute Gasteiger partial charge is 0.301 e. The van der Waals surface area contributed by atoms with Crippen LogP contribution in [0, 0.1) is 5.92 Å². The lowest BCUT2D eigenvalue weighted by molar-refractivity contribution is -0.124. The first-order valence-electron chi connectivity index (χ1n) is 6.77. The van der Waals surface area contributed by atoms with Crippen molar-refractivity contribution < 1.29 is 4.79 Å². The van der Waals surface area contributed by atoms with Gasteiger partial charge in [0.1, 0.15) is 5.78 Å². The Balaban J connectivity index is 1.71. The second-order valence-electron chi connectivity index (χ2n) is 5.16. The van der Waals surface area contributed by atoms with Gasteiger partial charge >= 0.3 is 0 Å². The van der Waals surface area contributed by atoms with Crippen LogP contribution < -0.4 is 0 Å². The van der Waals surface area contributed by atoms with E-state index in [1.54, 1.807) is 0 Å². The van der Waals surface area contributed by atoms with Crippen LogP contribution >= 0.6 is 0 Å². The number of Topliss-reactive ketones (excluding diaryl/α,β-unsaturated/α-hetero) is 1. The van der Waals surface area contributed by atoms with Gasteiger partial charge in [-0.2, -0.15) is 0 Å². The van der Waals surface area contributed by atoms with Crippen molar-refractivity contribution >= 4 is 5.78 Å². The third kappa shape index (κ3) is 3.05. The fourth-order valence-corrected chi connectivity index (χ4v) is 2.86. The molecule has 1 saturated carbocycles. The molecule has 2 rings (SSSR count). The second kappa shape index (κ2) is 5.78. The molecule has 92 valence electrons. The molecule has 0 aromatic carbocycles. The molecule has 1 saturated heterocycles. The Hall–Kier alpha value is -0.410. The minimum atomic E-state index is 0.393. The molecule has 0 unspecified atom stereocenters. The Labute approximate surface area is 98.8 Å². The Bertz CT molecular complexity index is 228. The number of carbonyl (C=O) groups is 1. The lowest BCUT2D eigenvalue weighted by atomic mass is 10.0. The third-order valence-electron chi connectivity index (χ3n) is 4.10. The van der Waals surface area contributed by atoms with Crippen molar-refractivity contribution in [1.29, 1.82) is 0 Å². The van der Waals surface area contributed by atoms with Crippen LogP contribution in [-0.2, 0) is 4.79 Å². The summed E-state index contributed by atoms with van der Waals surface area (Å²) in [5, 5.41) is 0. The minimum Gasteiger partial charge on any atom is -0.301 e. The summed E-state index contributed by atoms with van der Waals surface area (Å²) >= 11 is 0. The smallest absolute Gasteiger partial charge is 0.149 e. The molecule has 0 amide bonds. The highest BCUT2D eigenvalue weighted by Gasteiger charge is 2.25. The van der Waals surface area contributed by atoms with E-state index in [0.29, 0.717) is 18.2 Å². The van der Waals surface area contributed by atoms with Gasteiger partial charge in [-0.25, -0.2) is 0 Å². The summed E-state index contributed by atoms with van der Waals surface area (Å²) in [6.45, 7) is 8.48. The number of ketones is 1. The number of hydrogen-bond acceptors (Lipinski definition) is 3. The number of hydrogen-bond donors (Lipinski definition) is 0. The van der Waals surface area contributed by atoms with Crippen molar-refractivity contribution in [1.82, 2.24) is 9.80 Å². The summed E-state index contributed by atoms with van der Waals surface area (Å²) in [7, 11) is 0. The summed E-state index contributed by atoms with van der Waals surface area (Å²) in [5.41, 5.74) is 0. The monoisotopic (exact) mass is 224 g/mol. The first kappa shape index (κ1) is 12.1. The zero-order chi connectivity index (χ0) is 11.4. The van der Waals surface area contributed by atoms with Crippen LogP contribution in [0.1, 0.15) is 32.6 Å². The number of piperazine rings is 1. The molecular weight excluding hydrogens is 200 g/mol. The standard InChI is InChI=1S/C13H24N2O/c1-2-14-7-9-15(10-8-14)11-13(16)12-5-3-4-6-12/h12H,2-11H2,1H3. The number of likely N-dealkylation sites (N-methyl/N-ethyl adjacent to an activating group) is 1. The molecule has 16 heavy (non-hydrogen) atoms. The highest BCUT2D eigenvalue weighted by atomic mass is 16.1. The van der Waals surface area contributed by atoms with Crippen LogP contribution in [0.4, 0.5) is 0 Å². The predicted molar refractivity (Wildman–Crippen MR) is 65.5 cm³/mol. The summed E-state index contributed by atoms with van der Waals surface area (Å²) in [5.74, 6) is 0.895. The van der Waals surface area contributed by atoms with E-state index in [4.69, 9.17) is 0 Å². The molecule has 0 spiro atoms. The molecule has 1 aliphatic heterocycles. The topological polar surface area (TPSA) is 23.6 Å². The highest BCUT2D eigenvalue weighted by Crippen LogP contribution is 2.25. The van der Waals surface area contributed by atoms with Crippen LogP contribution in [0.25, 0.3) is 0 Å². The van der Waals surface area contributed by atoms with Gasteiger partial charge in [0.05, 0.1) is 6.54 Å². The SMILES string of the molecule is CCN1CCN(CC(=O)C2CCCC2)CC1. The van der Waals surface area contributed by atoms with Gasteiger partial charge in [0.25, 0.3) is 0 Å². The van der Waals surface area contributed by atoms with E-state index < -0.39 is 0 Å². The van der Waals surface area contributed by atoms with E-state index in [9.17, 15) is 4.79 Å². The highest BCUT2D eigenvalue weighted by molar-refractivity contribution is 5.83. The maximum Gasteiger partial charge on any atom is 0.149 e. The fourth-order valence-electron chi connectivity index (χ4n) is 2.86. The van der Waals surface area contributed by atoms with Crippen molar-refractivity contribution in [2.24, 2.45) is 5.92 Å². The van der Waals surface area contributed by atoms with E-state index in [-0.39, 0.29) is 0 Å². The fraction of sp³-hybridized carbons (Fsp3) is 0.923. The van der Waals surface area contributed by atoms with Gasteiger partial charge in [-0.3, -0.25) is 9.69 Å². The molecule has 0 bridgehead atoms. The van der Waals surface area contributed by atoms with Gasteiger partial charge in [0.15, 0.2) is 0 Å². The maximum atomic E-state index is 12.0. The summed E-state index contributed by atoms with van der Waals surface area (Å²) < 4.78 is 0. The zero-order valence-corrected chi connectivity index (χ0v) is 10.5. The number of rotatable bonds is 4. The average molecular weight is 224 g/mol. The van der Waals surface area contributed by atoms with Crippen LogP contribution in [0.3, 0.4) is 0 Å². The molecule has 0 aromatic rings. The van der Waals surface area contributed by atoms with E-state index in [1.165, 1.54) is 12.8 Å². The third-order valence-corrected chi connectivity index (χ3v) is 4.10. The van der Waals surface area contributed by atoms with Gasteiger partial charge in [0.2, 0.25) is 0 Å². The Morgan fingerprint density at radius 3 is 2.19 bits per heavy atom. The van der Waals surface area contributed by atoms with Crippen LogP contribution in [-0.4, -0.2) is 54.9 Å². The number of nitrogens with zero attached hydrogens (tertiary/aromatic N) is 2. The summed E-state index contributed by atoms with van der Waals surface area (Å²) in [4.78, 5) is 16.8. The van der Waals surface area contributed by atoms with E-state index in [1.807, 2.05) is 0 Å². The normalized spacial score (nSPS) is 25.1. The van der Waals surface area contributed by atoms with Gasteiger partial charge in [-0.05, 0) is 19.4 Å². The second-order valence-corrected chi connectivity index (χ2v) is 5.16. The predicted octanol–water partition coefficient (Wildman–Crippen LogP) is 1.38. The quantitative estimate of drug-likeness (QED) is 0.721. The molecule has 0 radical (unpaired) electrons. The minimum absolute atomic E-state index is 0.393. The van der Waals surface area contributed by atoms with Crippen LogP contribution in [0.2, 0.25) is 0 Å². The molecule has 3 nitrogen and oxygen atoms in total. The summed E-state index contributed by atoms with van der Waals surface area (Å²) in [6, 6.07) is 0. The molecule has 3 heteroatoms. The van der Waals surface area contributed by atoms with Gasteiger partial charge in [-0.1, -0.05) is 19.8 Å². The zero-order valence-electron chi connectivity index (χ0n) is 10.5. The lowest BCUT2D eigenvalue weighted by Gasteiger charge is -2.33. The lowest BCUT2D eigenvalue weighted by Crippen LogP contribution is -2.48. The van der Waals surface area contributed by atoms with E-state index >= 15 is 0 Å². The molecule has 2 aliphatic rings. The van der Waals surface area contributed by atoms with Crippen molar-refractivity contribution in [3.8, 4) is 0 Å². The van der Waals surface area contributed by atoms with E-state index in [2.05, 4.69) is 16.7 Å². The van der Waals surface area contributed by atoms with Crippen molar-refractivity contribution in [3.05, 3.63) is 0 Å². The Morgan fingerprint density at radius 1 is 1.06 bits per heavy atom. The number of carbonyl (C=O) groups excluding carboxylic acids is 1. The molecule has 0 N–H and O–H groups in total.